The van der Waals surface area contributed by atoms with Crippen molar-refractivity contribution in [2.45, 2.75) is 11.1 Å². The van der Waals surface area contributed by atoms with Crippen molar-refractivity contribution in [1.29, 1.82) is 0 Å². The van der Waals surface area contributed by atoms with E-state index in [2.05, 4.69) is 20.1 Å². The van der Waals surface area contributed by atoms with Crippen molar-refractivity contribution in [2.24, 2.45) is 0 Å². The van der Waals surface area contributed by atoms with Crippen LogP contribution in [0.4, 0.5) is 19.0 Å². The zero-order chi connectivity index (χ0) is 25.6. The Morgan fingerprint density at radius 3 is 2.50 bits per heavy atom. The molecule has 2 aromatic carbocycles. The maximum Gasteiger partial charge on any atom is 0.187 e. The van der Waals surface area contributed by atoms with Crippen LogP contribution in [0.1, 0.15) is 17.6 Å². The topological polar surface area (TPSA) is 116 Å². The Hall–Kier alpha value is -4.32. The highest BCUT2D eigenvalue weighted by atomic mass is 32.2. The van der Waals surface area contributed by atoms with Crippen LogP contribution in [0, 0.1) is 11.6 Å². The molecule has 0 aliphatic heterocycles. The van der Waals surface area contributed by atoms with Crippen molar-refractivity contribution in [1.82, 2.24) is 24.6 Å². The number of anilines is 1. The molecule has 182 valence electrons. The molecule has 0 aliphatic carbocycles. The third-order valence-corrected chi connectivity index (χ3v) is 6.68. The third-order valence-electron chi connectivity index (χ3n) is 5.52. The van der Waals surface area contributed by atoms with Crippen LogP contribution in [-0.4, -0.2) is 39.2 Å². The highest BCUT2D eigenvalue weighted by Gasteiger charge is 2.27. The van der Waals surface area contributed by atoms with Crippen molar-refractivity contribution in [2.75, 3.05) is 12.0 Å². The third kappa shape index (κ3) is 3.94. The van der Waals surface area contributed by atoms with Crippen LogP contribution in [0.2, 0.25) is 0 Å². The van der Waals surface area contributed by atoms with E-state index < -0.39 is 33.2 Å². The first-order valence-electron chi connectivity index (χ1n) is 10.5. The summed E-state index contributed by atoms with van der Waals surface area (Å²) in [5, 5.41) is 4.10. The molecule has 1 atom stereocenters. The second-order valence-corrected chi connectivity index (χ2v) is 9.89. The van der Waals surface area contributed by atoms with Gasteiger partial charge in [-0.3, -0.25) is 0 Å². The molecule has 0 radical (unpaired) electrons. The molecule has 12 heteroatoms. The number of nitrogens with two attached hydrogens (primary N) is 1. The quantitative estimate of drug-likeness (QED) is 0.377. The molecule has 0 spiro atoms. The summed E-state index contributed by atoms with van der Waals surface area (Å²) >= 11 is 0. The van der Waals surface area contributed by atoms with Crippen molar-refractivity contribution in [3.63, 3.8) is 0 Å². The number of aromatic nitrogens is 5. The van der Waals surface area contributed by atoms with E-state index >= 15 is 4.39 Å². The Morgan fingerprint density at radius 1 is 0.972 bits per heavy atom. The molecule has 0 saturated carbocycles. The van der Waals surface area contributed by atoms with Gasteiger partial charge in [0.15, 0.2) is 39.3 Å². The number of nitrogen functional groups attached to an aromatic ring is 1. The fourth-order valence-corrected chi connectivity index (χ4v) is 4.77. The molecule has 0 saturated heterocycles. The van der Waals surface area contributed by atoms with Crippen molar-refractivity contribution in [3.05, 3.63) is 90.0 Å². The average molecular weight is 511 g/mol. The number of sulfone groups is 1. The molecule has 8 nitrogen and oxygen atoms in total. The van der Waals surface area contributed by atoms with Gasteiger partial charge in [0.25, 0.3) is 0 Å². The highest BCUT2D eigenvalue weighted by Crippen LogP contribution is 2.34. The maximum absolute atomic E-state index is 15.4. The van der Waals surface area contributed by atoms with Gasteiger partial charge in [0.2, 0.25) is 0 Å². The minimum Gasteiger partial charge on any atom is -0.383 e. The lowest BCUT2D eigenvalue weighted by Crippen LogP contribution is -2.06. The van der Waals surface area contributed by atoms with E-state index in [1.807, 2.05) is 0 Å². The van der Waals surface area contributed by atoms with Crippen LogP contribution >= 0.6 is 0 Å². The summed E-state index contributed by atoms with van der Waals surface area (Å²) in [6.07, 6.45) is 1.67. The molecule has 36 heavy (non-hydrogen) atoms. The predicted octanol–water partition coefficient (Wildman–Crippen LogP) is 4.18. The van der Waals surface area contributed by atoms with Gasteiger partial charge < -0.3 is 5.73 Å². The fraction of sp³-hybridized carbons (Fsp3) is 0.0833. The van der Waals surface area contributed by atoms with E-state index in [9.17, 15) is 17.2 Å². The van der Waals surface area contributed by atoms with Crippen LogP contribution < -0.4 is 5.73 Å². The summed E-state index contributed by atoms with van der Waals surface area (Å²) in [6.45, 7) is 0. The number of benzene rings is 2. The van der Waals surface area contributed by atoms with Crippen LogP contribution in [0.3, 0.4) is 0 Å². The van der Waals surface area contributed by atoms with E-state index in [0.717, 1.165) is 22.9 Å². The largest absolute Gasteiger partial charge is 0.383 e. The lowest BCUT2D eigenvalue weighted by molar-refractivity contribution is 0.359. The summed E-state index contributed by atoms with van der Waals surface area (Å²) in [5.41, 5.74) is 6.66. The highest BCUT2D eigenvalue weighted by molar-refractivity contribution is 7.90. The van der Waals surface area contributed by atoms with Gasteiger partial charge in [-0.15, -0.1) is 0 Å². The first-order chi connectivity index (χ1) is 17.2. The maximum atomic E-state index is 15.4. The Morgan fingerprint density at radius 2 is 1.75 bits per heavy atom. The monoisotopic (exact) mass is 510 g/mol. The number of rotatable bonds is 5. The van der Waals surface area contributed by atoms with Gasteiger partial charge in [0.05, 0.1) is 10.4 Å². The normalized spacial score (nSPS) is 12.7. The molecular formula is C24H17F3N6O2S. The summed E-state index contributed by atoms with van der Waals surface area (Å²) in [4.78, 5) is 12.9. The van der Waals surface area contributed by atoms with E-state index in [4.69, 9.17) is 5.73 Å². The smallest absolute Gasteiger partial charge is 0.187 e. The molecule has 0 aliphatic rings. The number of hydrogen-bond acceptors (Lipinski definition) is 7. The first-order valence-corrected chi connectivity index (χ1v) is 12.4. The van der Waals surface area contributed by atoms with Gasteiger partial charge in [0, 0.05) is 35.3 Å². The van der Waals surface area contributed by atoms with Gasteiger partial charge >= 0.3 is 0 Å². The fourth-order valence-electron chi connectivity index (χ4n) is 3.87. The molecule has 5 aromatic rings. The van der Waals surface area contributed by atoms with Gasteiger partial charge in [-0.2, -0.15) is 5.10 Å². The van der Waals surface area contributed by atoms with Crippen LogP contribution in [-0.2, 0) is 9.84 Å². The van der Waals surface area contributed by atoms with Gasteiger partial charge in [-0.05, 0) is 24.3 Å². The van der Waals surface area contributed by atoms with Gasteiger partial charge in [-0.25, -0.2) is 41.1 Å². The zero-order valence-electron chi connectivity index (χ0n) is 18.6. The van der Waals surface area contributed by atoms with E-state index in [-0.39, 0.29) is 33.6 Å². The molecule has 3 aromatic heterocycles. The van der Waals surface area contributed by atoms with Crippen molar-refractivity contribution in [3.8, 4) is 22.6 Å². The standard InChI is InChI=1S/C24H17F3N6O2S/c1-36(34,35)18-10-3-2-6-13(18)15-12-29-23(32-22(15)28)21-17-9-5-11-30-33(17)24(31-21)20(27)14-7-4-8-16(25)19(14)26/h2-12,20H,1H3,(H2,28,29,32). The Labute approximate surface area is 203 Å². The summed E-state index contributed by atoms with van der Waals surface area (Å²) < 4.78 is 69.0. The SMILES string of the molecule is CS(=O)(=O)c1ccccc1-c1cnc(-c2nc(C(F)c3cccc(F)c3F)n3ncccc23)nc1N. The first kappa shape index (κ1) is 23.4. The minimum absolute atomic E-state index is 0.0109. The zero-order valence-corrected chi connectivity index (χ0v) is 19.4. The number of fused-ring (bicyclic) bond motifs is 1. The molecule has 0 bridgehead atoms. The Kier molecular flexibility index (Phi) is 5.67. The number of hydrogen-bond donors (Lipinski definition) is 1. The molecular weight excluding hydrogens is 493 g/mol. The van der Waals surface area contributed by atoms with Crippen molar-refractivity contribution >= 4 is 21.2 Å². The van der Waals surface area contributed by atoms with E-state index in [1.165, 1.54) is 24.5 Å². The Bertz CT molecular complexity index is 1740. The molecule has 0 amide bonds. The van der Waals surface area contributed by atoms with Gasteiger partial charge in [0.1, 0.15) is 11.5 Å². The number of nitrogens with zero attached hydrogens (tertiary/aromatic N) is 5. The van der Waals surface area contributed by atoms with Gasteiger partial charge in [-0.1, -0.05) is 30.3 Å². The van der Waals surface area contributed by atoms with Crippen LogP contribution in [0.15, 0.2) is 71.9 Å². The Balaban J connectivity index is 1.64. The van der Waals surface area contributed by atoms with Crippen molar-refractivity contribution < 1.29 is 21.6 Å². The molecule has 1 unspecified atom stereocenters. The molecule has 5 rings (SSSR count). The number of halogens is 3. The summed E-state index contributed by atoms with van der Waals surface area (Å²) in [5.74, 6) is -2.84. The molecule has 0 fully saturated rings. The second kappa shape index (κ2) is 8.72. The lowest BCUT2D eigenvalue weighted by atomic mass is 10.1. The lowest BCUT2D eigenvalue weighted by Gasteiger charge is -2.10. The molecule has 2 N–H and O–H groups in total. The average Bonchev–Trinajstić information content (AvgIpc) is 3.24. The summed E-state index contributed by atoms with van der Waals surface area (Å²) in [6, 6.07) is 12.7. The van der Waals surface area contributed by atoms with Crippen LogP contribution in [0.25, 0.3) is 28.2 Å². The second-order valence-electron chi connectivity index (χ2n) is 7.91. The predicted molar refractivity (Wildman–Crippen MR) is 126 cm³/mol. The van der Waals surface area contributed by atoms with E-state index in [1.54, 1.807) is 30.3 Å². The minimum atomic E-state index is -3.56. The number of alkyl halides is 1. The molecule has 3 heterocycles. The van der Waals surface area contributed by atoms with Crippen LogP contribution in [0.5, 0.6) is 0 Å². The van der Waals surface area contributed by atoms with E-state index in [0.29, 0.717) is 11.1 Å². The number of imidazole rings is 1. The summed E-state index contributed by atoms with van der Waals surface area (Å²) in [7, 11) is -3.56.